The number of amides is 1. The molecule has 0 unspecified atom stereocenters. The van der Waals surface area contributed by atoms with Crippen molar-refractivity contribution in [2.75, 3.05) is 16.6 Å². The number of hydrogen-bond acceptors (Lipinski definition) is 5. The Hall–Kier alpha value is -3.85. The number of imidazole rings is 1. The minimum atomic E-state index is -3.82. The summed E-state index contributed by atoms with van der Waals surface area (Å²) in [5, 5.41) is 2.69. The zero-order valence-corrected chi connectivity index (χ0v) is 17.4. The van der Waals surface area contributed by atoms with Crippen molar-refractivity contribution < 1.29 is 17.9 Å². The van der Waals surface area contributed by atoms with Gasteiger partial charge in [-0.1, -0.05) is 18.2 Å². The van der Waals surface area contributed by atoms with Gasteiger partial charge in [-0.05, 0) is 61.5 Å². The number of carbonyl (C=O) groups is 1. The number of anilines is 2. The van der Waals surface area contributed by atoms with Crippen molar-refractivity contribution >= 4 is 38.6 Å². The predicted molar refractivity (Wildman–Crippen MR) is 119 cm³/mol. The number of rotatable bonds is 7. The maximum Gasteiger partial charge on any atom is 0.261 e. The van der Waals surface area contributed by atoms with Gasteiger partial charge >= 0.3 is 0 Å². The lowest BCUT2D eigenvalue weighted by molar-refractivity contribution is 0.102. The highest BCUT2D eigenvalue weighted by Gasteiger charge is 2.16. The fraction of sp³-hybridized carbons (Fsp3) is 0.0909. The number of aromatic nitrogens is 2. The average Bonchev–Trinajstić information content (AvgIpc) is 3.16. The molecule has 0 aliphatic rings. The number of hydrogen-bond donors (Lipinski definition) is 3. The number of sulfonamides is 1. The van der Waals surface area contributed by atoms with Crippen LogP contribution in [0.15, 0.2) is 77.7 Å². The zero-order valence-electron chi connectivity index (χ0n) is 16.6. The lowest BCUT2D eigenvalue weighted by atomic mass is 10.2. The molecule has 4 aromatic rings. The summed E-state index contributed by atoms with van der Waals surface area (Å²) in [5.74, 6) is 0.485. The Morgan fingerprint density at radius 2 is 1.81 bits per heavy atom. The third-order valence-electron chi connectivity index (χ3n) is 4.44. The first-order chi connectivity index (χ1) is 14.9. The van der Waals surface area contributed by atoms with Crippen LogP contribution in [0.1, 0.15) is 17.3 Å². The third-order valence-corrected chi connectivity index (χ3v) is 5.84. The predicted octanol–water partition coefficient (Wildman–Crippen LogP) is 4.01. The lowest BCUT2D eigenvalue weighted by Gasteiger charge is -2.10. The molecule has 0 saturated carbocycles. The molecule has 0 fully saturated rings. The van der Waals surface area contributed by atoms with Gasteiger partial charge in [-0.2, -0.15) is 0 Å². The van der Waals surface area contributed by atoms with Gasteiger partial charge in [-0.15, -0.1) is 0 Å². The van der Waals surface area contributed by atoms with E-state index in [1.807, 2.05) is 31.2 Å². The summed E-state index contributed by atoms with van der Waals surface area (Å²) in [6, 6.07) is 19.7. The number of aromatic amines is 1. The van der Waals surface area contributed by atoms with Crippen molar-refractivity contribution in [2.45, 2.75) is 11.8 Å². The normalized spacial score (nSPS) is 11.3. The molecular formula is C22H20N4O4S. The molecule has 9 heteroatoms. The van der Waals surface area contributed by atoms with Gasteiger partial charge in [0.05, 0.1) is 22.5 Å². The first kappa shape index (κ1) is 20.4. The van der Waals surface area contributed by atoms with Gasteiger partial charge in [0.2, 0.25) is 5.95 Å². The Bertz CT molecular complexity index is 1300. The standard InChI is InChI=1S/C22H20N4O4S/c1-2-30-17-10-12-18(13-11-17)31(28,29)26-16-7-5-6-15(14-16)21(27)25-22-23-19-8-3-4-9-20(19)24-22/h3-14,26H,2H2,1H3,(H2,23,24,25,27). The monoisotopic (exact) mass is 436 g/mol. The van der Waals surface area contributed by atoms with Crippen molar-refractivity contribution in [1.82, 2.24) is 9.97 Å². The molecule has 3 aromatic carbocycles. The molecular weight excluding hydrogens is 416 g/mol. The number of nitrogens with zero attached hydrogens (tertiary/aromatic N) is 1. The zero-order chi connectivity index (χ0) is 21.8. The molecule has 0 aliphatic heterocycles. The lowest BCUT2D eigenvalue weighted by Crippen LogP contribution is -2.15. The van der Waals surface area contributed by atoms with E-state index in [9.17, 15) is 13.2 Å². The molecule has 4 rings (SSSR count). The van der Waals surface area contributed by atoms with Crippen molar-refractivity contribution in [2.24, 2.45) is 0 Å². The van der Waals surface area contributed by atoms with Crippen LogP contribution in [-0.2, 0) is 10.0 Å². The van der Waals surface area contributed by atoms with E-state index >= 15 is 0 Å². The first-order valence-corrected chi connectivity index (χ1v) is 11.0. The van der Waals surface area contributed by atoms with Crippen LogP contribution < -0.4 is 14.8 Å². The summed E-state index contributed by atoms with van der Waals surface area (Å²) in [5.41, 5.74) is 2.09. The molecule has 8 nitrogen and oxygen atoms in total. The van der Waals surface area contributed by atoms with E-state index in [2.05, 4.69) is 20.0 Å². The summed E-state index contributed by atoms with van der Waals surface area (Å²) in [7, 11) is -3.82. The molecule has 1 heterocycles. The van der Waals surface area contributed by atoms with Crippen LogP contribution in [0.2, 0.25) is 0 Å². The molecule has 0 aliphatic carbocycles. The molecule has 0 spiro atoms. The van der Waals surface area contributed by atoms with E-state index in [4.69, 9.17) is 4.74 Å². The highest BCUT2D eigenvalue weighted by atomic mass is 32.2. The Balaban J connectivity index is 1.50. The van der Waals surface area contributed by atoms with E-state index < -0.39 is 15.9 Å². The first-order valence-electron chi connectivity index (χ1n) is 9.56. The molecule has 3 N–H and O–H groups in total. The van der Waals surface area contributed by atoms with Crippen LogP contribution in [0.4, 0.5) is 11.6 Å². The fourth-order valence-corrected chi connectivity index (χ4v) is 4.06. The van der Waals surface area contributed by atoms with E-state index in [1.165, 1.54) is 18.2 Å². The van der Waals surface area contributed by atoms with Crippen LogP contribution in [0.3, 0.4) is 0 Å². The summed E-state index contributed by atoms with van der Waals surface area (Å²) >= 11 is 0. The van der Waals surface area contributed by atoms with Gasteiger partial charge in [-0.3, -0.25) is 14.8 Å². The van der Waals surface area contributed by atoms with Gasteiger partial charge in [0, 0.05) is 11.3 Å². The second-order valence-electron chi connectivity index (χ2n) is 6.65. The van der Waals surface area contributed by atoms with E-state index in [0.717, 1.165) is 11.0 Å². The number of fused-ring (bicyclic) bond motifs is 1. The quantitative estimate of drug-likeness (QED) is 0.405. The van der Waals surface area contributed by atoms with Crippen molar-refractivity contribution in [3.63, 3.8) is 0 Å². The highest BCUT2D eigenvalue weighted by Crippen LogP contribution is 2.21. The van der Waals surface area contributed by atoms with Gasteiger partial charge < -0.3 is 9.72 Å². The summed E-state index contributed by atoms with van der Waals surface area (Å²) in [4.78, 5) is 20.0. The van der Waals surface area contributed by atoms with E-state index in [-0.39, 0.29) is 16.1 Å². The Morgan fingerprint density at radius 1 is 1.03 bits per heavy atom. The van der Waals surface area contributed by atoms with Crippen LogP contribution in [0, 0.1) is 0 Å². The van der Waals surface area contributed by atoms with Crippen molar-refractivity contribution in [3.05, 3.63) is 78.4 Å². The van der Waals surface area contributed by atoms with Crippen LogP contribution >= 0.6 is 0 Å². The smallest absolute Gasteiger partial charge is 0.261 e. The number of nitrogens with one attached hydrogen (secondary N) is 3. The maximum absolute atomic E-state index is 12.7. The number of ether oxygens (including phenoxy) is 1. The SMILES string of the molecule is CCOc1ccc(S(=O)(=O)Nc2cccc(C(=O)Nc3nc4ccccc4[nH]3)c2)cc1. The summed E-state index contributed by atoms with van der Waals surface area (Å²) in [6.07, 6.45) is 0. The molecule has 31 heavy (non-hydrogen) atoms. The molecule has 0 saturated heterocycles. The minimum Gasteiger partial charge on any atom is -0.494 e. The topological polar surface area (TPSA) is 113 Å². The summed E-state index contributed by atoms with van der Waals surface area (Å²) < 4.78 is 33.2. The maximum atomic E-state index is 12.7. The number of carbonyl (C=O) groups excluding carboxylic acids is 1. The Kier molecular flexibility index (Phi) is 5.59. The number of benzene rings is 3. The molecule has 1 aromatic heterocycles. The van der Waals surface area contributed by atoms with Gasteiger partial charge in [0.25, 0.3) is 15.9 Å². The van der Waals surface area contributed by atoms with Crippen LogP contribution in [0.5, 0.6) is 5.75 Å². The third kappa shape index (κ3) is 4.67. The number of para-hydroxylation sites is 2. The molecule has 0 atom stereocenters. The van der Waals surface area contributed by atoms with Crippen molar-refractivity contribution in [1.29, 1.82) is 0 Å². The molecule has 0 bridgehead atoms. The highest BCUT2D eigenvalue weighted by molar-refractivity contribution is 7.92. The minimum absolute atomic E-state index is 0.0908. The molecule has 1 amide bonds. The van der Waals surface area contributed by atoms with Crippen molar-refractivity contribution in [3.8, 4) is 5.75 Å². The molecule has 158 valence electrons. The van der Waals surface area contributed by atoms with E-state index in [1.54, 1.807) is 30.3 Å². The van der Waals surface area contributed by atoms with Crippen LogP contribution in [0.25, 0.3) is 11.0 Å². The van der Waals surface area contributed by atoms with Crippen LogP contribution in [-0.4, -0.2) is 30.9 Å². The van der Waals surface area contributed by atoms with Gasteiger partial charge in [0.1, 0.15) is 5.75 Å². The second kappa shape index (κ2) is 8.49. The summed E-state index contributed by atoms with van der Waals surface area (Å²) in [6.45, 7) is 2.34. The van der Waals surface area contributed by atoms with E-state index in [0.29, 0.717) is 18.3 Å². The van der Waals surface area contributed by atoms with Gasteiger partial charge in [-0.25, -0.2) is 13.4 Å². The molecule has 0 radical (unpaired) electrons. The Morgan fingerprint density at radius 3 is 2.55 bits per heavy atom. The average molecular weight is 436 g/mol. The fourth-order valence-electron chi connectivity index (χ4n) is 3.01. The van der Waals surface area contributed by atoms with Gasteiger partial charge in [0.15, 0.2) is 0 Å². The second-order valence-corrected chi connectivity index (χ2v) is 8.33. The Labute approximate surface area is 179 Å². The number of H-pyrrole nitrogens is 1. The largest absolute Gasteiger partial charge is 0.494 e.